The van der Waals surface area contributed by atoms with Crippen LogP contribution in [-0.2, 0) is 6.54 Å². The van der Waals surface area contributed by atoms with Crippen LogP contribution in [0.3, 0.4) is 0 Å². The van der Waals surface area contributed by atoms with E-state index in [1.807, 2.05) is 6.92 Å². The standard InChI is InChI=1S/C13H22N4O3/c1-2-3-7-17-10(14)9(11(19)15-12(17)20)16-13(8-18)5-4-6-13/h16,18H,2-8,14H2,1H3,(H,15,19,20). The van der Waals surface area contributed by atoms with E-state index < -0.39 is 16.8 Å². The Hall–Kier alpha value is -1.76. The Morgan fingerprint density at radius 2 is 2.15 bits per heavy atom. The summed E-state index contributed by atoms with van der Waals surface area (Å²) in [6.45, 7) is 2.43. The molecule has 1 saturated carbocycles. The third-order valence-corrected chi connectivity index (χ3v) is 3.98. The highest BCUT2D eigenvalue weighted by molar-refractivity contribution is 5.62. The summed E-state index contributed by atoms with van der Waals surface area (Å²) in [5.74, 6) is 0.145. The van der Waals surface area contributed by atoms with E-state index in [0.29, 0.717) is 6.54 Å². The monoisotopic (exact) mass is 282 g/mol. The predicted molar refractivity (Wildman–Crippen MR) is 77.9 cm³/mol. The lowest BCUT2D eigenvalue weighted by Crippen LogP contribution is -2.50. The van der Waals surface area contributed by atoms with Crippen molar-refractivity contribution in [3.8, 4) is 0 Å². The molecule has 1 aliphatic carbocycles. The summed E-state index contributed by atoms with van der Waals surface area (Å²) in [7, 11) is 0. The second kappa shape index (κ2) is 5.70. The quantitative estimate of drug-likeness (QED) is 0.597. The van der Waals surface area contributed by atoms with Gasteiger partial charge < -0.3 is 16.2 Å². The number of nitrogens with two attached hydrogens (primary N) is 1. The number of rotatable bonds is 6. The zero-order chi connectivity index (χ0) is 14.8. The Bertz CT molecular complexity index is 581. The summed E-state index contributed by atoms with van der Waals surface area (Å²) in [6, 6.07) is 0. The number of aromatic nitrogens is 2. The van der Waals surface area contributed by atoms with Crippen LogP contribution in [0.15, 0.2) is 9.59 Å². The first kappa shape index (κ1) is 14.6. The van der Waals surface area contributed by atoms with Gasteiger partial charge in [-0.25, -0.2) is 4.79 Å². The third-order valence-electron chi connectivity index (χ3n) is 3.98. The molecule has 1 aliphatic rings. The van der Waals surface area contributed by atoms with Crippen LogP contribution in [0.25, 0.3) is 0 Å². The van der Waals surface area contributed by atoms with Crippen molar-refractivity contribution in [1.82, 2.24) is 9.55 Å². The molecule has 20 heavy (non-hydrogen) atoms. The average molecular weight is 282 g/mol. The summed E-state index contributed by atoms with van der Waals surface area (Å²) in [6.07, 6.45) is 4.31. The Morgan fingerprint density at radius 1 is 1.45 bits per heavy atom. The van der Waals surface area contributed by atoms with Crippen molar-refractivity contribution < 1.29 is 5.11 Å². The summed E-state index contributed by atoms with van der Waals surface area (Å²) in [4.78, 5) is 26.0. The van der Waals surface area contributed by atoms with Gasteiger partial charge in [0.05, 0.1) is 12.1 Å². The van der Waals surface area contributed by atoms with Gasteiger partial charge >= 0.3 is 5.69 Å². The first-order valence-corrected chi connectivity index (χ1v) is 7.04. The van der Waals surface area contributed by atoms with Gasteiger partial charge in [-0.3, -0.25) is 14.3 Å². The summed E-state index contributed by atoms with van der Waals surface area (Å²) in [5.41, 5.74) is 4.66. The van der Waals surface area contributed by atoms with E-state index in [0.717, 1.165) is 32.1 Å². The molecule has 1 aromatic heterocycles. The van der Waals surface area contributed by atoms with Crippen molar-refractivity contribution in [1.29, 1.82) is 0 Å². The van der Waals surface area contributed by atoms with Crippen molar-refractivity contribution >= 4 is 11.5 Å². The number of nitrogens with zero attached hydrogens (tertiary/aromatic N) is 1. The molecule has 2 rings (SSSR count). The molecule has 1 heterocycles. The Kier molecular flexibility index (Phi) is 4.17. The fraction of sp³-hybridized carbons (Fsp3) is 0.692. The van der Waals surface area contributed by atoms with E-state index in [2.05, 4.69) is 10.3 Å². The van der Waals surface area contributed by atoms with Gasteiger partial charge in [-0.05, 0) is 25.7 Å². The molecule has 0 radical (unpaired) electrons. The molecule has 0 unspecified atom stereocenters. The average Bonchev–Trinajstić information content (AvgIpc) is 2.37. The fourth-order valence-corrected chi connectivity index (χ4v) is 2.44. The first-order chi connectivity index (χ1) is 9.53. The summed E-state index contributed by atoms with van der Waals surface area (Å²) < 4.78 is 1.37. The number of nitrogen functional groups attached to an aromatic ring is 1. The largest absolute Gasteiger partial charge is 0.394 e. The van der Waals surface area contributed by atoms with Gasteiger partial charge in [-0.1, -0.05) is 13.3 Å². The van der Waals surface area contributed by atoms with E-state index in [9.17, 15) is 14.7 Å². The topological polar surface area (TPSA) is 113 Å². The van der Waals surface area contributed by atoms with Crippen LogP contribution in [0.1, 0.15) is 39.0 Å². The highest BCUT2D eigenvalue weighted by atomic mass is 16.3. The second-order valence-corrected chi connectivity index (χ2v) is 5.44. The minimum atomic E-state index is -0.528. The van der Waals surface area contributed by atoms with Crippen molar-refractivity contribution in [2.45, 2.75) is 51.1 Å². The number of nitrogens with one attached hydrogen (secondary N) is 2. The minimum absolute atomic E-state index is 0.0556. The fourth-order valence-electron chi connectivity index (χ4n) is 2.44. The van der Waals surface area contributed by atoms with Crippen LogP contribution >= 0.6 is 0 Å². The van der Waals surface area contributed by atoms with Gasteiger partial charge in [0, 0.05) is 6.54 Å². The maximum Gasteiger partial charge on any atom is 0.330 e. The Morgan fingerprint density at radius 3 is 2.65 bits per heavy atom. The molecule has 7 nitrogen and oxygen atoms in total. The number of hydrogen-bond donors (Lipinski definition) is 4. The molecule has 0 saturated heterocycles. The third kappa shape index (κ3) is 2.58. The molecule has 1 fully saturated rings. The highest BCUT2D eigenvalue weighted by Gasteiger charge is 2.37. The predicted octanol–water partition coefficient (Wildman–Crippen LogP) is 0.246. The van der Waals surface area contributed by atoms with Crippen LogP contribution in [0, 0.1) is 0 Å². The number of unbranched alkanes of at least 4 members (excludes halogenated alkanes) is 1. The zero-order valence-electron chi connectivity index (χ0n) is 11.7. The maximum absolute atomic E-state index is 11.9. The molecule has 7 heteroatoms. The van der Waals surface area contributed by atoms with Crippen LogP contribution in [-0.4, -0.2) is 26.8 Å². The number of aliphatic hydroxyl groups is 1. The SMILES string of the molecule is CCCCn1c(N)c(NC2(CO)CCC2)c(=O)[nH]c1=O. The molecule has 0 aromatic carbocycles. The molecule has 0 spiro atoms. The van der Waals surface area contributed by atoms with Gasteiger partial charge in [-0.15, -0.1) is 0 Å². The molecule has 0 aliphatic heterocycles. The highest BCUT2D eigenvalue weighted by Crippen LogP contribution is 2.35. The Labute approximate surface area is 116 Å². The zero-order valence-corrected chi connectivity index (χ0v) is 11.7. The first-order valence-electron chi connectivity index (χ1n) is 7.04. The summed E-state index contributed by atoms with van der Waals surface area (Å²) in [5, 5.41) is 12.5. The summed E-state index contributed by atoms with van der Waals surface area (Å²) >= 11 is 0. The number of H-pyrrole nitrogens is 1. The molecule has 112 valence electrons. The minimum Gasteiger partial charge on any atom is -0.394 e. The molecule has 0 bridgehead atoms. The van der Waals surface area contributed by atoms with E-state index in [1.54, 1.807) is 0 Å². The lowest BCUT2D eigenvalue weighted by molar-refractivity contribution is 0.144. The van der Waals surface area contributed by atoms with Crippen molar-refractivity contribution in [2.75, 3.05) is 17.7 Å². The van der Waals surface area contributed by atoms with Crippen molar-refractivity contribution in [2.24, 2.45) is 0 Å². The van der Waals surface area contributed by atoms with Crippen LogP contribution < -0.4 is 22.3 Å². The van der Waals surface area contributed by atoms with E-state index in [-0.39, 0.29) is 18.1 Å². The molecular weight excluding hydrogens is 260 g/mol. The normalized spacial score (nSPS) is 16.7. The van der Waals surface area contributed by atoms with Gasteiger partial charge in [0.2, 0.25) is 0 Å². The van der Waals surface area contributed by atoms with Crippen molar-refractivity contribution in [3.05, 3.63) is 20.8 Å². The van der Waals surface area contributed by atoms with Crippen LogP contribution in [0.2, 0.25) is 0 Å². The van der Waals surface area contributed by atoms with Crippen LogP contribution in [0.4, 0.5) is 11.5 Å². The number of aromatic amines is 1. The molecule has 1 aromatic rings. The Balaban J connectivity index is 2.37. The van der Waals surface area contributed by atoms with Gasteiger partial charge in [0.15, 0.2) is 0 Å². The van der Waals surface area contributed by atoms with Gasteiger partial charge in [0.25, 0.3) is 5.56 Å². The second-order valence-electron chi connectivity index (χ2n) is 5.44. The number of anilines is 2. The van der Waals surface area contributed by atoms with Gasteiger partial charge in [0.1, 0.15) is 11.5 Å². The van der Waals surface area contributed by atoms with Crippen LogP contribution in [0.5, 0.6) is 0 Å². The molecule has 0 amide bonds. The number of aliphatic hydroxyl groups excluding tert-OH is 1. The smallest absolute Gasteiger partial charge is 0.330 e. The lowest BCUT2D eigenvalue weighted by atomic mass is 9.77. The maximum atomic E-state index is 11.9. The van der Waals surface area contributed by atoms with E-state index >= 15 is 0 Å². The number of hydrogen-bond acceptors (Lipinski definition) is 5. The van der Waals surface area contributed by atoms with E-state index in [1.165, 1.54) is 4.57 Å². The van der Waals surface area contributed by atoms with E-state index in [4.69, 9.17) is 5.73 Å². The molecular formula is C13H22N4O3. The van der Waals surface area contributed by atoms with Crippen molar-refractivity contribution in [3.63, 3.8) is 0 Å². The van der Waals surface area contributed by atoms with Gasteiger partial charge in [-0.2, -0.15) is 0 Å². The lowest BCUT2D eigenvalue weighted by Gasteiger charge is -2.41. The molecule has 5 N–H and O–H groups in total. The molecule has 0 atom stereocenters.